The number of alkyl halides is 3. The number of anilines is 1. The van der Waals surface area contributed by atoms with E-state index in [0.29, 0.717) is 22.4 Å². The number of hydrogen-bond acceptors (Lipinski definition) is 5. The fourth-order valence-electron chi connectivity index (χ4n) is 2.70. The van der Waals surface area contributed by atoms with Crippen molar-refractivity contribution in [3.8, 4) is 17.4 Å². The number of nitriles is 1. The molecular weight excluding hydrogens is 486 g/mol. The standard InChI is InChI=1S/C21H10Cl2F3N3O4/c22-16-4-1-11(8-17(16)23)19-6-3-14(33-19)7-12(10-27)20(30)28-18-5-2-13(29(31)32)9-15(18)21(24,25)26/h1-9H,(H,28,30). The van der Waals surface area contributed by atoms with Crippen LogP contribution in [0, 0.1) is 21.4 Å². The van der Waals surface area contributed by atoms with Gasteiger partial charge in [0, 0.05) is 23.8 Å². The maximum absolute atomic E-state index is 13.3. The largest absolute Gasteiger partial charge is 0.457 e. The van der Waals surface area contributed by atoms with Gasteiger partial charge in [0.05, 0.1) is 26.2 Å². The Kier molecular flexibility index (Phi) is 6.76. The van der Waals surface area contributed by atoms with E-state index >= 15 is 0 Å². The number of nitro groups is 1. The van der Waals surface area contributed by atoms with Gasteiger partial charge in [0.2, 0.25) is 0 Å². The summed E-state index contributed by atoms with van der Waals surface area (Å²) in [5.41, 5.74) is -2.97. The minimum Gasteiger partial charge on any atom is -0.457 e. The number of non-ortho nitro benzene ring substituents is 1. The molecule has 0 saturated heterocycles. The van der Waals surface area contributed by atoms with E-state index in [4.69, 9.17) is 27.6 Å². The smallest absolute Gasteiger partial charge is 0.418 e. The third-order valence-electron chi connectivity index (χ3n) is 4.25. The van der Waals surface area contributed by atoms with Gasteiger partial charge in [-0.3, -0.25) is 14.9 Å². The minimum atomic E-state index is -4.99. The van der Waals surface area contributed by atoms with Gasteiger partial charge < -0.3 is 9.73 Å². The van der Waals surface area contributed by atoms with E-state index in [1.807, 2.05) is 5.32 Å². The Morgan fingerprint density at radius 2 is 1.85 bits per heavy atom. The van der Waals surface area contributed by atoms with E-state index in [2.05, 4.69) is 0 Å². The molecule has 0 spiro atoms. The predicted molar refractivity (Wildman–Crippen MR) is 114 cm³/mol. The molecule has 0 radical (unpaired) electrons. The number of nitrogens with zero attached hydrogens (tertiary/aromatic N) is 2. The third kappa shape index (κ3) is 5.52. The fourth-order valence-corrected chi connectivity index (χ4v) is 3.00. The van der Waals surface area contributed by atoms with Crippen molar-refractivity contribution in [3.63, 3.8) is 0 Å². The molecule has 1 heterocycles. The van der Waals surface area contributed by atoms with Gasteiger partial charge in [-0.1, -0.05) is 23.2 Å². The van der Waals surface area contributed by atoms with Crippen molar-refractivity contribution in [2.45, 2.75) is 6.18 Å². The lowest BCUT2D eigenvalue weighted by Crippen LogP contribution is -2.18. The van der Waals surface area contributed by atoms with Crippen LogP contribution >= 0.6 is 23.2 Å². The van der Waals surface area contributed by atoms with Gasteiger partial charge in [0.25, 0.3) is 11.6 Å². The SMILES string of the molecule is N#CC(=Cc1ccc(-c2ccc(Cl)c(Cl)c2)o1)C(=O)Nc1ccc([N+](=O)[O-])cc1C(F)(F)F. The molecule has 2 aromatic carbocycles. The van der Waals surface area contributed by atoms with Crippen LogP contribution in [0.25, 0.3) is 17.4 Å². The number of carbonyl (C=O) groups excluding carboxylic acids is 1. The maximum atomic E-state index is 13.3. The molecular formula is C21H10Cl2F3N3O4. The van der Waals surface area contributed by atoms with E-state index in [1.165, 1.54) is 12.1 Å². The first kappa shape index (κ1) is 23.8. The molecule has 168 valence electrons. The average molecular weight is 496 g/mol. The molecule has 1 aromatic heterocycles. The van der Waals surface area contributed by atoms with Crippen molar-refractivity contribution < 1.29 is 27.3 Å². The topological polar surface area (TPSA) is 109 Å². The maximum Gasteiger partial charge on any atom is 0.418 e. The molecule has 0 unspecified atom stereocenters. The molecule has 3 rings (SSSR count). The first-order valence-corrected chi connectivity index (χ1v) is 9.59. The first-order chi connectivity index (χ1) is 15.5. The number of nitro benzene ring substituents is 1. The van der Waals surface area contributed by atoms with Crippen LogP contribution in [0.5, 0.6) is 0 Å². The summed E-state index contributed by atoms with van der Waals surface area (Å²) in [5.74, 6) is -0.751. The van der Waals surface area contributed by atoms with Crippen molar-refractivity contribution in [3.05, 3.63) is 85.6 Å². The molecule has 1 amide bonds. The number of halogens is 5. The Balaban J connectivity index is 1.88. The summed E-state index contributed by atoms with van der Waals surface area (Å²) in [6, 6.07) is 11.1. The molecule has 7 nitrogen and oxygen atoms in total. The van der Waals surface area contributed by atoms with Crippen molar-refractivity contribution in [1.82, 2.24) is 0 Å². The van der Waals surface area contributed by atoms with E-state index in [1.54, 1.807) is 24.3 Å². The van der Waals surface area contributed by atoms with Crippen LogP contribution in [-0.4, -0.2) is 10.8 Å². The van der Waals surface area contributed by atoms with Crippen LogP contribution in [0.3, 0.4) is 0 Å². The lowest BCUT2D eigenvalue weighted by molar-refractivity contribution is -0.385. The van der Waals surface area contributed by atoms with Crippen LogP contribution in [0.2, 0.25) is 10.0 Å². The van der Waals surface area contributed by atoms with Crippen LogP contribution < -0.4 is 5.32 Å². The summed E-state index contributed by atoms with van der Waals surface area (Å²) in [6.45, 7) is 0. The zero-order valence-corrected chi connectivity index (χ0v) is 17.6. The lowest BCUT2D eigenvalue weighted by Gasteiger charge is -2.13. The van der Waals surface area contributed by atoms with Crippen molar-refractivity contribution in [2.75, 3.05) is 5.32 Å². The molecule has 0 bridgehead atoms. The van der Waals surface area contributed by atoms with Gasteiger partial charge in [-0.05, 0) is 36.4 Å². The molecule has 0 saturated carbocycles. The zero-order valence-electron chi connectivity index (χ0n) is 16.1. The Morgan fingerprint density at radius 3 is 2.45 bits per heavy atom. The van der Waals surface area contributed by atoms with Crippen molar-refractivity contribution in [1.29, 1.82) is 5.26 Å². The van der Waals surface area contributed by atoms with Gasteiger partial charge in [-0.2, -0.15) is 18.4 Å². The van der Waals surface area contributed by atoms with E-state index in [0.717, 1.165) is 18.2 Å². The normalized spacial score (nSPS) is 11.7. The number of hydrogen-bond donors (Lipinski definition) is 1. The average Bonchev–Trinajstić information content (AvgIpc) is 3.21. The van der Waals surface area contributed by atoms with E-state index < -0.39 is 39.5 Å². The second kappa shape index (κ2) is 9.36. The van der Waals surface area contributed by atoms with Crippen molar-refractivity contribution >= 4 is 46.6 Å². The monoisotopic (exact) mass is 495 g/mol. The van der Waals surface area contributed by atoms with Crippen LogP contribution in [0.4, 0.5) is 24.5 Å². The molecule has 0 aliphatic carbocycles. The van der Waals surface area contributed by atoms with Crippen LogP contribution in [-0.2, 0) is 11.0 Å². The van der Waals surface area contributed by atoms with Crippen LogP contribution in [0.15, 0.2) is 58.5 Å². The number of furan rings is 1. The van der Waals surface area contributed by atoms with Gasteiger partial charge >= 0.3 is 6.18 Å². The van der Waals surface area contributed by atoms with Gasteiger partial charge in [0.15, 0.2) is 0 Å². The molecule has 0 atom stereocenters. The van der Waals surface area contributed by atoms with Gasteiger partial charge in [-0.15, -0.1) is 0 Å². The Bertz CT molecular complexity index is 1330. The van der Waals surface area contributed by atoms with Crippen LogP contribution in [0.1, 0.15) is 11.3 Å². The molecule has 12 heteroatoms. The summed E-state index contributed by atoms with van der Waals surface area (Å²) in [4.78, 5) is 22.2. The van der Waals surface area contributed by atoms with E-state index in [9.17, 15) is 33.3 Å². The summed E-state index contributed by atoms with van der Waals surface area (Å²) < 4.78 is 45.5. The molecule has 0 aliphatic heterocycles. The lowest BCUT2D eigenvalue weighted by atomic mass is 10.1. The Hall–Kier alpha value is -3.81. The minimum absolute atomic E-state index is 0.0718. The molecule has 33 heavy (non-hydrogen) atoms. The quantitative estimate of drug-likeness (QED) is 0.182. The summed E-state index contributed by atoms with van der Waals surface area (Å²) in [5, 5.41) is 22.7. The highest BCUT2D eigenvalue weighted by Gasteiger charge is 2.36. The number of carbonyl (C=O) groups is 1. The Morgan fingerprint density at radius 1 is 1.12 bits per heavy atom. The van der Waals surface area contributed by atoms with E-state index in [-0.39, 0.29) is 10.8 Å². The highest BCUT2D eigenvalue weighted by Crippen LogP contribution is 2.37. The van der Waals surface area contributed by atoms with Crippen molar-refractivity contribution in [2.24, 2.45) is 0 Å². The summed E-state index contributed by atoms with van der Waals surface area (Å²) in [7, 11) is 0. The summed E-state index contributed by atoms with van der Waals surface area (Å²) >= 11 is 11.8. The zero-order chi connectivity index (χ0) is 24.3. The molecule has 0 fully saturated rings. The number of amides is 1. The molecule has 1 N–H and O–H groups in total. The first-order valence-electron chi connectivity index (χ1n) is 8.83. The second-order valence-electron chi connectivity index (χ2n) is 6.44. The summed E-state index contributed by atoms with van der Waals surface area (Å²) in [6.07, 6.45) is -3.95. The number of benzene rings is 2. The Labute approximate surface area is 193 Å². The molecule has 0 aliphatic rings. The number of nitrogens with one attached hydrogen (secondary N) is 1. The van der Waals surface area contributed by atoms with Gasteiger partial charge in [-0.25, -0.2) is 0 Å². The highest BCUT2D eigenvalue weighted by atomic mass is 35.5. The molecule has 3 aromatic rings. The fraction of sp³-hybridized carbons (Fsp3) is 0.0476. The second-order valence-corrected chi connectivity index (χ2v) is 7.25. The van der Waals surface area contributed by atoms with Gasteiger partial charge in [0.1, 0.15) is 23.2 Å². The number of rotatable bonds is 5. The predicted octanol–water partition coefficient (Wildman–Crippen LogP) is 6.73. The highest BCUT2D eigenvalue weighted by molar-refractivity contribution is 6.42. The third-order valence-corrected chi connectivity index (χ3v) is 4.99.